The minimum absolute atomic E-state index is 0.258. The molecular formula is C14H20N2O3. The van der Waals surface area contributed by atoms with Gasteiger partial charge in [-0.2, -0.15) is 0 Å². The molecule has 2 rings (SSSR count). The van der Waals surface area contributed by atoms with E-state index in [0.717, 1.165) is 12.0 Å². The second-order valence-corrected chi connectivity index (χ2v) is 4.86. The Balaban J connectivity index is 1.85. The van der Waals surface area contributed by atoms with E-state index < -0.39 is 12.1 Å². The first-order valence-electron chi connectivity index (χ1n) is 6.56. The van der Waals surface area contributed by atoms with Crippen molar-refractivity contribution in [2.45, 2.75) is 31.6 Å². The fourth-order valence-electron chi connectivity index (χ4n) is 2.15. The van der Waals surface area contributed by atoms with E-state index in [-0.39, 0.29) is 12.7 Å². The van der Waals surface area contributed by atoms with Gasteiger partial charge in [0, 0.05) is 19.1 Å². The van der Waals surface area contributed by atoms with Gasteiger partial charge >= 0.3 is 6.09 Å². The molecule has 1 aromatic rings. The lowest BCUT2D eigenvalue weighted by Gasteiger charge is -2.23. The summed E-state index contributed by atoms with van der Waals surface area (Å²) >= 11 is 0. The van der Waals surface area contributed by atoms with Gasteiger partial charge in [-0.25, -0.2) is 4.79 Å². The number of nitrogens with two attached hydrogens (primary N) is 1. The predicted octanol–water partition coefficient (Wildman–Crippen LogP) is 1.11. The summed E-state index contributed by atoms with van der Waals surface area (Å²) < 4.78 is 5.26. The second-order valence-electron chi connectivity index (χ2n) is 4.86. The van der Waals surface area contributed by atoms with Crippen molar-refractivity contribution in [1.29, 1.82) is 0 Å². The Kier molecular flexibility index (Phi) is 4.76. The van der Waals surface area contributed by atoms with Crippen LogP contribution in [0.1, 0.15) is 18.4 Å². The third-order valence-corrected chi connectivity index (χ3v) is 3.32. The highest BCUT2D eigenvalue weighted by Gasteiger charge is 2.26. The predicted molar refractivity (Wildman–Crippen MR) is 71.4 cm³/mol. The van der Waals surface area contributed by atoms with Gasteiger partial charge in [-0.1, -0.05) is 30.3 Å². The van der Waals surface area contributed by atoms with Gasteiger partial charge in [0.05, 0.1) is 6.10 Å². The fraction of sp³-hybridized carbons (Fsp3) is 0.500. The summed E-state index contributed by atoms with van der Waals surface area (Å²) in [5.41, 5.74) is 6.77. The van der Waals surface area contributed by atoms with Crippen molar-refractivity contribution in [1.82, 2.24) is 4.90 Å². The Labute approximate surface area is 113 Å². The zero-order chi connectivity index (χ0) is 13.7. The first-order valence-corrected chi connectivity index (χ1v) is 6.56. The highest BCUT2D eigenvalue weighted by Crippen LogP contribution is 2.12. The Morgan fingerprint density at radius 3 is 2.89 bits per heavy atom. The number of hydrogen-bond acceptors (Lipinski definition) is 4. The molecule has 3 N–H and O–H groups in total. The molecule has 1 heterocycles. The average Bonchev–Trinajstić information content (AvgIpc) is 2.60. The smallest absolute Gasteiger partial charge is 0.410 e. The van der Waals surface area contributed by atoms with Crippen molar-refractivity contribution in [3.63, 3.8) is 0 Å². The lowest BCUT2D eigenvalue weighted by molar-refractivity contribution is 0.0905. The average molecular weight is 264 g/mol. The second kappa shape index (κ2) is 6.54. The van der Waals surface area contributed by atoms with Crippen LogP contribution >= 0.6 is 0 Å². The summed E-state index contributed by atoms with van der Waals surface area (Å²) in [5, 5.41) is 9.66. The molecule has 5 nitrogen and oxygen atoms in total. The quantitative estimate of drug-likeness (QED) is 0.839. The number of rotatable bonds is 2. The minimum Gasteiger partial charge on any atom is -0.445 e. The number of likely N-dealkylation sites (tertiary alicyclic amines) is 1. The molecule has 1 aliphatic rings. The van der Waals surface area contributed by atoms with Crippen LogP contribution in [0, 0.1) is 0 Å². The van der Waals surface area contributed by atoms with Gasteiger partial charge in [0.2, 0.25) is 0 Å². The monoisotopic (exact) mass is 264 g/mol. The summed E-state index contributed by atoms with van der Waals surface area (Å²) in [6.45, 7) is 1.18. The van der Waals surface area contributed by atoms with Gasteiger partial charge in [-0.05, 0) is 18.4 Å². The van der Waals surface area contributed by atoms with Crippen molar-refractivity contribution >= 4 is 6.09 Å². The Hall–Kier alpha value is -1.59. The van der Waals surface area contributed by atoms with Crippen LogP contribution in [0.5, 0.6) is 0 Å². The van der Waals surface area contributed by atoms with Gasteiger partial charge in [0.1, 0.15) is 6.61 Å². The lowest BCUT2D eigenvalue weighted by Crippen LogP contribution is -2.44. The van der Waals surface area contributed by atoms with Crippen LogP contribution in [0.3, 0.4) is 0 Å². The molecule has 1 fully saturated rings. The summed E-state index contributed by atoms with van der Waals surface area (Å²) in [6, 6.07) is 9.14. The van der Waals surface area contributed by atoms with E-state index in [1.54, 1.807) is 4.90 Å². The number of amides is 1. The zero-order valence-electron chi connectivity index (χ0n) is 10.9. The highest BCUT2D eigenvalue weighted by molar-refractivity contribution is 5.67. The number of carbonyl (C=O) groups excluding carboxylic acids is 1. The molecular weight excluding hydrogens is 244 g/mol. The SMILES string of the molecule is N[C@H]1CN(C(=O)OCc2ccccc2)CCC[C@@H]1O. The van der Waals surface area contributed by atoms with Gasteiger partial charge in [-0.3, -0.25) is 0 Å². The van der Waals surface area contributed by atoms with Crippen LogP contribution < -0.4 is 5.73 Å². The molecule has 0 saturated carbocycles. The van der Waals surface area contributed by atoms with Crippen LogP contribution in [-0.4, -0.2) is 41.3 Å². The van der Waals surface area contributed by atoms with Crippen molar-refractivity contribution < 1.29 is 14.6 Å². The van der Waals surface area contributed by atoms with E-state index >= 15 is 0 Å². The molecule has 0 radical (unpaired) electrons. The number of aliphatic hydroxyl groups is 1. The van der Waals surface area contributed by atoms with E-state index in [4.69, 9.17) is 10.5 Å². The minimum atomic E-state index is -0.535. The molecule has 1 aliphatic heterocycles. The van der Waals surface area contributed by atoms with Gasteiger partial charge in [0.25, 0.3) is 0 Å². The van der Waals surface area contributed by atoms with Gasteiger partial charge in [-0.15, -0.1) is 0 Å². The van der Waals surface area contributed by atoms with Crippen LogP contribution in [-0.2, 0) is 11.3 Å². The molecule has 0 bridgehead atoms. The largest absolute Gasteiger partial charge is 0.445 e. The molecule has 1 saturated heterocycles. The zero-order valence-corrected chi connectivity index (χ0v) is 10.9. The number of benzene rings is 1. The van der Waals surface area contributed by atoms with E-state index in [2.05, 4.69) is 0 Å². The van der Waals surface area contributed by atoms with Crippen LogP contribution in [0.15, 0.2) is 30.3 Å². The van der Waals surface area contributed by atoms with Gasteiger partial charge < -0.3 is 20.5 Å². The number of nitrogens with zero attached hydrogens (tertiary/aromatic N) is 1. The topological polar surface area (TPSA) is 75.8 Å². The van der Waals surface area contributed by atoms with E-state index in [1.807, 2.05) is 30.3 Å². The van der Waals surface area contributed by atoms with Crippen LogP contribution in [0.2, 0.25) is 0 Å². The molecule has 0 unspecified atom stereocenters. The number of aliphatic hydroxyl groups excluding tert-OH is 1. The third kappa shape index (κ3) is 3.94. The van der Waals surface area contributed by atoms with Crippen molar-refractivity contribution in [2.75, 3.05) is 13.1 Å². The Morgan fingerprint density at radius 2 is 2.16 bits per heavy atom. The summed E-state index contributed by atoms with van der Waals surface area (Å²) in [6.07, 6.45) is 0.471. The molecule has 0 spiro atoms. The Bertz CT molecular complexity index is 410. The summed E-state index contributed by atoms with van der Waals surface area (Å²) in [4.78, 5) is 13.5. The lowest BCUT2D eigenvalue weighted by atomic mass is 10.1. The maximum absolute atomic E-state index is 11.9. The molecule has 1 aromatic carbocycles. The number of carbonyl (C=O) groups is 1. The maximum Gasteiger partial charge on any atom is 0.410 e. The Morgan fingerprint density at radius 1 is 1.42 bits per heavy atom. The molecule has 2 atom stereocenters. The number of hydrogen-bond donors (Lipinski definition) is 2. The maximum atomic E-state index is 11.9. The summed E-state index contributed by atoms with van der Waals surface area (Å²) in [5.74, 6) is 0. The fourth-order valence-corrected chi connectivity index (χ4v) is 2.15. The van der Waals surface area contributed by atoms with Crippen LogP contribution in [0.4, 0.5) is 4.79 Å². The molecule has 0 aromatic heterocycles. The molecule has 0 aliphatic carbocycles. The van der Waals surface area contributed by atoms with Crippen molar-refractivity contribution in [3.8, 4) is 0 Å². The first kappa shape index (κ1) is 13.8. The number of ether oxygens (including phenoxy) is 1. The molecule has 19 heavy (non-hydrogen) atoms. The van der Waals surface area contributed by atoms with Gasteiger partial charge in [0.15, 0.2) is 0 Å². The first-order chi connectivity index (χ1) is 9.16. The van der Waals surface area contributed by atoms with Crippen LogP contribution in [0.25, 0.3) is 0 Å². The van der Waals surface area contributed by atoms with E-state index in [9.17, 15) is 9.90 Å². The summed E-state index contributed by atoms with van der Waals surface area (Å²) in [7, 11) is 0. The molecule has 1 amide bonds. The van der Waals surface area contributed by atoms with E-state index in [0.29, 0.717) is 19.5 Å². The van der Waals surface area contributed by atoms with Crippen molar-refractivity contribution in [3.05, 3.63) is 35.9 Å². The third-order valence-electron chi connectivity index (χ3n) is 3.32. The molecule has 104 valence electrons. The normalized spacial score (nSPS) is 23.8. The highest BCUT2D eigenvalue weighted by atomic mass is 16.6. The molecule has 5 heteroatoms. The standard InChI is InChI=1S/C14H20N2O3/c15-12-9-16(8-4-7-13(12)17)14(18)19-10-11-5-2-1-3-6-11/h1-3,5-6,12-13,17H,4,7-10,15H2/t12-,13-/m0/s1. The van der Waals surface area contributed by atoms with Crippen molar-refractivity contribution in [2.24, 2.45) is 5.73 Å². The van der Waals surface area contributed by atoms with E-state index in [1.165, 1.54) is 0 Å².